The summed E-state index contributed by atoms with van der Waals surface area (Å²) in [6.45, 7) is 0.796. The zero-order valence-electron chi connectivity index (χ0n) is 9.57. The van der Waals surface area contributed by atoms with Gasteiger partial charge in [0.25, 0.3) is 0 Å². The molecule has 0 aliphatic carbocycles. The highest BCUT2D eigenvalue weighted by Gasteiger charge is 2.22. The summed E-state index contributed by atoms with van der Waals surface area (Å²) in [5.41, 5.74) is -0.150. The minimum atomic E-state index is -1.33. The van der Waals surface area contributed by atoms with Crippen LogP contribution in [-0.2, 0) is 4.79 Å². The molecule has 3 N–H and O–H groups in total. The summed E-state index contributed by atoms with van der Waals surface area (Å²) in [4.78, 5) is 22.4. The number of halogens is 1. The quantitative estimate of drug-likeness (QED) is 0.755. The summed E-state index contributed by atoms with van der Waals surface area (Å²) < 4.78 is 13.4. The summed E-state index contributed by atoms with van der Waals surface area (Å²) in [5.74, 6) is -2.42. The number of hydrogen-bond donors (Lipinski definition) is 3. The first-order valence-electron chi connectivity index (χ1n) is 5.65. The van der Waals surface area contributed by atoms with Crippen LogP contribution in [0.5, 0.6) is 0 Å². The second-order valence-corrected chi connectivity index (χ2v) is 4.14. The second kappa shape index (κ2) is 5.14. The van der Waals surface area contributed by atoms with Crippen molar-refractivity contribution in [1.82, 2.24) is 5.32 Å². The third-order valence-electron chi connectivity index (χ3n) is 2.84. The van der Waals surface area contributed by atoms with E-state index in [4.69, 9.17) is 5.11 Å². The monoisotopic (exact) mass is 252 g/mol. The van der Waals surface area contributed by atoms with Crippen LogP contribution in [0.2, 0.25) is 0 Å². The van der Waals surface area contributed by atoms with Crippen molar-refractivity contribution in [2.75, 3.05) is 11.9 Å². The van der Waals surface area contributed by atoms with Gasteiger partial charge in [-0.15, -0.1) is 0 Å². The summed E-state index contributed by atoms with van der Waals surface area (Å²) in [6, 6.07) is 3.26. The van der Waals surface area contributed by atoms with Crippen LogP contribution in [0.1, 0.15) is 23.2 Å². The molecule has 18 heavy (non-hydrogen) atoms. The van der Waals surface area contributed by atoms with E-state index in [1.807, 2.05) is 0 Å². The predicted octanol–water partition coefficient (Wildman–Crippen LogP) is 1.21. The Morgan fingerprint density at radius 3 is 2.78 bits per heavy atom. The summed E-state index contributed by atoms with van der Waals surface area (Å²) >= 11 is 0. The molecule has 1 amide bonds. The van der Waals surface area contributed by atoms with Gasteiger partial charge in [0.15, 0.2) is 0 Å². The predicted molar refractivity (Wildman–Crippen MR) is 63.0 cm³/mol. The van der Waals surface area contributed by atoms with Gasteiger partial charge < -0.3 is 15.7 Å². The average Bonchev–Trinajstić information content (AvgIpc) is 2.81. The maximum Gasteiger partial charge on any atom is 0.338 e. The lowest BCUT2D eigenvalue weighted by atomic mass is 10.1. The molecule has 1 atom stereocenters. The molecule has 1 aromatic rings. The molecule has 1 aromatic carbocycles. The van der Waals surface area contributed by atoms with Crippen LogP contribution in [0.15, 0.2) is 18.2 Å². The van der Waals surface area contributed by atoms with Crippen molar-refractivity contribution in [1.29, 1.82) is 0 Å². The fourth-order valence-corrected chi connectivity index (χ4v) is 1.90. The van der Waals surface area contributed by atoms with Crippen molar-refractivity contribution in [2.24, 2.45) is 0 Å². The first-order valence-corrected chi connectivity index (χ1v) is 5.65. The summed E-state index contributed by atoms with van der Waals surface area (Å²) in [6.07, 6.45) is 1.69. The van der Waals surface area contributed by atoms with Gasteiger partial charge in [-0.1, -0.05) is 0 Å². The smallest absolute Gasteiger partial charge is 0.338 e. The Bertz CT molecular complexity index is 484. The van der Waals surface area contributed by atoms with Crippen LogP contribution in [0.25, 0.3) is 0 Å². The molecular weight excluding hydrogens is 239 g/mol. The van der Waals surface area contributed by atoms with Gasteiger partial charge in [0, 0.05) is 5.69 Å². The normalized spacial score (nSPS) is 18.6. The lowest BCUT2D eigenvalue weighted by Crippen LogP contribution is -2.35. The molecule has 1 saturated heterocycles. The zero-order valence-corrected chi connectivity index (χ0v) is 9.57. The van der Waals surface area contributed by atoms with Crippen molar-refractivity contribution in [3.63, 3.8) is 0 Å². The maximum atomic E-state index is 13.4. The largest absolute Gasteiger partial charge is 0.478 e. The van der Waals surface area contributed by atoms with Crippen molar-refractivity contribution < 1.29 is 19.1 Å². The van der Waals surface area contributed by atoms with E-state index < -0.39 is 17.3 Å². The highest BCUT2D eigenvalue weighted by atomic mass is 19.1. The molecule has 0 unspecified atom stereocenters. The molecule has 5 nitrogen and oxygen atoms in total. The number of carboxylic acid groups (broad SMARTS) is 1. The lowest BCUT2D eigenvalue weighted by molar-refractivity contribution is -0.117. The number of nitrogens with one attached hydrogen (secondary N) is 2. The Kier molecular flexibility index (Phi) is 3.57. The number of carbonyl (C=O) groups excluding carboxylic acids is 1. The zero-order chi connectivity index (χ0) is 13.1. The number of aromatic carboxylic acids is 1. The molecule has 0 radical (unpaired) electrons. The number of carbonyl (C=O) groups is 2. The van der Waals surface area contributed by atoms with Crippen LogP contribution in [0.3, 0.4) is 0 Å². The molecule has 0 spiro atoms. The fourth-order valence-electron chi connectivity index (χ4n) is 1.90. The first kappa shape index (κ1) is 12.5. The van der Waals surface area contributed by atoms with Gasteiger partial charge >= 0.3 is 5.97 Å². The number of benzene rings is 1. The molecule has 1 fully saturated rings. The van der Waals surface area contributed by atoms with Crippen molar-refractivity contribution in [3.8, 4) is 0 Å². The molecule has 1 aliphatic heterocycles. The Balaban J connectivity index is 2.07. The number of anilines is 1. The highest BCUT2D eigenvalue weighted by Crippen LogP contribution is 2.16. The Morgan fingerprint density at radius 1 is 1.44 bits per heavy atom. The van der Waals surface area contributed by atoms with E-state index in [2.05, 4.69) is 10.6 Å². The molecule has 2 rings (SSSR count). The van der Waals surface area contributed by atoms with E-state index in [1.165, 1.54) is 6.07 Å². The third kappa shape index (κ3) is 2.65. The second-order valence-electron chi connectivity index (χ2n) is 4.14. The maximum absolute atomic E-state index is 13.4. The van der Waals surface area contributed by atoms with Gasteiger partial charge in [0.1, 0.15) is 5.82 Å². The van der Waals surface area contributed by atoms with Crippen molar-refractivity contribution in [3.05, 3.63) is 29.6 Å². The average molecular weight is 252 g/mol. The first-order chi connectivity index (χ1) is 8.58. The van der Waals surface area contributed by atoms with Gasteiger partial charge in [-0.05, 0) is 37.6 Å². The number of carboxylic acids is 1. The SMILES string of the molecule is O=C(O)c1ccc(NC(=O)[C@@H]2CCCN2)cc1F. The number of rotatable bonds is 3. The Labute approximate surface area is 103 Å². The Morgan fingerprint density at radius 2 is 2.22 bits per heavy atom. The van der Waals surface area contributed by atoms with E-state index >= 15 is 0 Å². The minimum Gasteiger partial charge on any atom is -0.478 e. The molecule has 96 valence electrons. The standard InChI is InChI=1S/C12H13FN2O3/c13-9-6-7(3-4-8(9)12(17)18)15-11(16)10-2-1-5-14-10/h3-4,6,10,14H,1-2,5H2,(H,15,16)(H,17,18)/t10-/m0/s1. The topological polar surface area (TPSA) is 78.4 Å². The molecule has 0 saturated carbocycles. The van der Waals surface area contributed by atoms with Gasteiger partial charge in [0.05, 0.1) is 11.6 Å². The van der Waals surface area contributed by atoms with E-state index in [-0.39, 0.29) is 17.6 Å². The van der Waals surface area contributed by atoms with Gasteiger partial charge in [-0.3, -0.25) is 4.79 Å². The Hall–Kier alpha value is -1.95. The molecular formula is C12H13FN2O3. The molecule has 1 aliphatic rings. The van der Waals surface area contributed by atoms with Gasteiger partial charge in [0.2, 0.25) is 5.91 Å². The molecule has 0 aromatic heterocycles. The highest BCUT2D eigenvalue weighted by molar-refractivity contribution is 5.95. The van der Waals surface area contributed by atoms with Crippen LogP contribution in [0.4, 0.5) is 10.1 Å². The summed E-state index contributed by atoms with van der Waals surface area (Å²) in [5, 5.41) is 14.3. The van der Waals surface area contributed by atoms with Crippen LogP contribution in [0, 0.1) is 5.82 Å². The lowest BCUT2D eigenvalue weighted by Gasteiger charge is -2.11. The van der Waals surface area contributed by atoms with Gasteiger partial charge in [-0.2, -0.15) is 0 Å². The molecule has 0 bridgehead atoms. The minimum absolute atomic E-state index is 0.227. The summed E-state index contributed by atoms with van der Waals surface area (Å²) in [7, 11) is 0. The third-order valence-corrected chi connectivity index (χ3v) is 2.84. The molecule has 6 heteroatoms. The van der Waals surface area contributed by atoms with E-state index in [9.17, 15) is 14.0 Å². The van der Waals surface area contributed by atoms with E-state index in [1.54, 1.807) is 0 Å². The fraction of sp³-hybridized carbons (Fsp3) is 0.333. The van der Waals surface area contributed by atoms with Gasteiger partial charge in [-0.25, -0.2) is 9.18 Å². The van der Waals surface area contributed by atoms with Crippen LogP contribution < -0.4 is 10.6 Å². The number of amides is 1. The number of hydrogen-bond acceptors (Lipinski definition) is 3. The molecule has 1 heterocycles. The van der Waals surface area contributed by atoms with Crippen molar-refractivity contribution in [2.45, 2.75) is 18.9 Å². The van der Waals surface area contributed by atoms with E-state index in [0.717, 1.165) is 31.5 Å². The van der Waals surface area contributed by atoms with Crippen molar-refractivity contribution >= 4 is 17.6 Å². The van der Waals surface area contributed by atoms with Crippen LogP contribution >= 0.6 is 0 Å². The van der Waals surface area contributed by atoms with E-state index in [0.29, 0.717) is 0 Å². The van der Waals surface area contributed by atoms with Crippen LogP contribution in [-0.4, -0.2) is 29.6 Å².